The summed E-state index contributed by atoms with van der Waals surface area (Å²) in [5, 5.41) is 4.40. The summed E-state index contributed by atoms with van der Waals surface area (Å²) in [6.45, 7) is 3.29. The smallest absolute Gasteiger partial charge is 0.264 e. The molecule has 112 valence electrons. The molecule has 21 heavy (non-hydrogen) atoms. The number of fused-ring (bicyclic) bond motifs is 1. The van der Waals surface area contributed by atoms with Crippen molar-refractivity contribution >= 4 is 44.6 Å². The number of amides is 1. The molecule has 6 heteroatoms. The zero-order valence-corrected chi connectivity index (χ0v) is 13.3. The molecule has 1 aromatic carbocycles. The Kier molecular flexibility index (Phi) is 3.82. The van der Waals surface area contributed by atoms with Crippen LogP contribution in [0.4, 0.5) is 5.69 Å². The summed E-state index contributed by atoms with van der Waals surface area (Å²) >= 11 is 7.55. The molecule has 0 spiro atoms. The highest BCUT2D eigenvalue weighted by molar-refractivity contribution is 7.21. The van der Waals surface area contributed by atoms with Crippen molar-refractivity contribution in [1.29, 1.82) is 0 Å². The Bertz CT molecular complexity index is 692. The van der Waals surface area contributed by atoms with Crippen LogP contribution in [0.25, 0.3) is 10.1 Å². The van der Waals surface area contributed by atoms with Gasteiger partial charge in [0, 0.05) is 16.7 Å². The molecule has 0 radical (unpaired) electrons. The van der Waals surface area contributed by atoms with Gasteiger partial charge in [-0.3, -0.25) is 4.79 Å². The first-order chi connectivity index (χ1) is 10.0. The summed E-state index contributed by atoms with van der Waals surface area (Å²) in [5.41, 5.74) is 6.25. The number of hydrogen-bond donors (Lipinski definition) is 2. The van der Waals surface area contributed by atoms with E-state index in [1.54, 1.807) is 6.07 Å². The maximum absolute atomic E-state index is 12.5. The van der Waals surface area contributed by atoms with E-state index in [2.05, 4.69) is 5.32 Å². The Morgan fingerprint density at radius 1 is 1.52 bits per heavy atom. The van der Waals surface area contributed by atoms with E-state index in [-0.39, 0.29) is 11.4 Å². The standard InChI is InChI=1S/C15H17ClN2O2S/c1-15(6-3-7-20-8-15)18-14(19)13-12(17)11-9(16)4-2-5-10(11)21-13/h2,4-5H,3,6-8,17H2,1H3,(H,18,19). The molecule has 1 unspecified atom stereocenters. The van der Waals surface area contributed by atoms with Crippen LogP contribution >= 0.6 is 22.9 Å². The van der Waals surface area contributed by atoms with E-state index in [1.807, 2.05) is 19.1 Å². The fraction of sp³-hybridized carbons (Fsp3) is 0.400. The number of rotatable bonds is 2. The zero-order valence-electron chi connectivity index (χ0n) is 11.7. The molecule has 1 fully saturated rings. The molecule has 1 atom stereocenters. The summed E-state index contributed by atoms with van der Waals surface area (Å²) in [6.07, 6.45) is 1.86. The molecule has 1 aliphatic heterocycles. The number of thiophene rings is 1. The second kappa shape index (κ2) is 5.48. The molecule has 2 heterocycles. The van der Waals surface area contributed by atoms with Gasteiger partial charge in [-0.1, -0.05) is 17.7 Å². The molecule has 2 aromatic rings. The first-order valence-corrected chi connectivity index (χ1v) is 8.06. The number of anilines is 1. The van der Waals surface area contributed by atoms with Gasteiger partial charge in [-0.05, 0) is 31.9 Å². The molecule has 1 amide bonds. The van der Waals surface area contributed by atoms with Crippen LogP contribution in [0.5, 0.6) is 0 Å². The molecular weight excluding hydrogens is 308 g/mol. The van der Waals surface area contributed by atoms with E-state index in [1.165, 1.54) is 11.3 Å². The number of nitrogens with two attached hydrogens (primary N) is 1. The van der Waals surface area contributed by atoms with Gasteiger partial charge in [0.25, 0.3) is 5.91 Å². The van der Waals surface area contributed by atoms with Gasteiger partial charge in [0.1, 0.15) is 4.88 Å². The molecule has 1 aromatic heterocycles. The third kappa shape index (κ3) is 2.73. The van der Waals surface area contributed by atoms with Gasteiger partial charge in [-0.15, -0.1) is 11.3 Å². The van der Waals surface area contributed by atoms with Gasteiger partial charge in [0.15, 0.2) is 0 Å². The van der Waals surface area contributed by atoms with Crippen LogP contribution in [0.1, 0.15) is 29.4 Å². The summed E-state index contributed by atoms with van der Waals surface area (Å²) in [5.74, 6) is -0.155. The minimum atomic E-state index is -0.332. The van der Waals surface area contributed by atoms with Gasteiger partial charge in [-0.2, -0.15) is 0 Å². The van der Waals surface area contributed by atoms with Crippen LogP contribution in [-0.4, -0.2) is 24.7 Å². The van der Waals surface area contributed by atoms with Crippen molar-refractivity contribution in [3.8, 4) is 0 Å². The normalized spacial score (nSPS) is 22.4. The first kappa shape index (κ1) is 14.6. The van der Waals surface area contributed by atoms with Gasteiger partial charge in [-0.25, -0.2) is 0 Å². The van der Waals surface area contributed by atoms with Gasteiger partial charge in [0.2, 0.25) is 0 Å². The van der Waals surface area contributed by atoms with Crippen LogP contribution in [-0.2, 0) is 4.74 Å². The van der Waals surface area contributed by atoms with Crippen molar-refractivity contribution in [2.75, 3.05) is 18.9 Å². The van der Waals surface area contributed by atoms with E-state index in [9.17, 15) is 4.79 Å². The number of ether oxygens (including phenoxy) is 1. The van der Waals surface area contributed by atoms with E-state index in [0.717, 1.165) is 29.5 Å². The lowest BCUT2D eigenvalue weighted by molar-refractivity contribution is 0.0274. The lowest BCUT2D eigenvalue weighted by Gasteiger charge is -2.34. The summed E-state index contributed by atoms with van der Waals surface area (Å²) in [7, 11) is 0. The van der Waals surface area contributed by atoms with Crippen LogP contribution in [0.2, 0.25) is 5.02 Å². The number of carbonyl (C=O) groups excluding carboxylic acids is 1. The number of hydrogen-bond acceptors (Lipinski definition) is 4. The monoisotopic (exact) mass is 324 g/mol. The molecule has 0 aliphatic carbocycles. The molecule has 0 saturated carbocycles. The Morgan fingerprint density at radius 2 is 2.33 bits per heavy atom. The number of nitrogens with one attached hydrogen (secondary N) is 1. The van der Waals surface area contributed by atoms with E-state index >= 15 is 0 Å². The lowest BCUT2D eigenvalue weighted by Crippen LogP contribution is -2.51. The average molecular weight is 325 g/mol. The highest BCUT2D eigenvalue weighted by atomic mass is 35.5. The summed E-state index contributed by atoms with van der Waals surface area (Å²) < 4.78 is 6.39. The number of halogens is 1. The number of nitrogen functional groups attached to an aromatic ring is 1. The van der Waals surface area contributed by atoms with Crippen molar-refractivity contribution < 1.29 is 9.53 Å². The first-order valence-electron chi connectivity index (χ1n) is 6.87. The molecule has 4 nitrogen and oxygen atoms in total. The van der Waals surface area contributed by atoms with Crippen molar-refractivity contribution in [1.82, 2.24) is 5.32 Å². The van der Waals surface area contributed by atoms with Gasteiger partial charge < -0.3 is 15.8 Å². The molecule has 1 aliphatic rings. The maximum atomic E-state index is 12.5. The Hall–Kier alpha value is -1.30. The SMILES string of the molecule is CC1(NC(=O)c2sc3cccc(Cl)c3c2N)CCCOC1. The Morgan fingerprint density at radius 3 is 3.00 bits per heavy atom. The highest BCUT2D eigenvalue weighted by Crippen LogP contribution is 2.38. The maximum Gasteiger partial charge on any atom is 0.264 e. The summed E-state index contributed by atoms with van der Waals surface area (Å²) in [6, 6.07) is 5.56. The molecule has 0 bridgehead atoms. The van der Waals surface area contributed by atoms with Gasteiger partial charge in [0.05, 0.1) is 22.9 Å². The van der Waals surface area contributed by atoms with Crippen LogP contribution in [0, 0.1) is 0 Å². The van der Waals surface area contributed by atoms with Crippen LogP contribution in [0.15, 0.2) is 18.2 Å². The number of benzene rings is 1. The van der Waals surface area contributed by atoms with Crippen molar-refractivity contribution in [2.24, 2.45) is 0 Å². The molecule has 1 saturated heterocycles. The predicted molar refractivity (Wildman–Crippen MR) is 87.2 cm³/mol. The topological polar surface area (TPSA) is 64.4 Å². The quantitative estimate of drug-likeness (QED) is 0.889. The third-order valence-corrected chi connectivity index (χ3v) is 5.25. The third-order valence-electron chi connectivity index (χ3n) is 3.76. The van der Waals surface area contributed by atoms with E-state index < -0.39 is 0 Å². The largest absolute Gasteiger partial charge is 0.397 e. The Labute approximate surface area is 132 Å². The average Bonchev–Trinajstić information content (AvgIpc) is 2.78. The highest BCUT2D eigenvalue weighted by Gasteiger charge is 2.31. The fourth-order valence-electron chi connectivity index (χ4n) is 2.66. The van der Waals surface area contributed by atoms with Crippen molar-refractivity contribution in [2.45, 2.75) is 25.3 Å². The van der Waals surface area contributed by atoms with Crippen LogP contribution < -0.4 is 11.1 Å². The fourth-order valence-corrected chi connectivity index (χ4v) is 4.04. The van der Waals surface area contributed by atoms with Crippen molar-refractivity contribution in [3.63, 3.8) is 0 Å². The minimum Gasteiger partial charge on any atom is -0.397 e. The minimum absolute atomic E-state index is 0.155. The van der Waals surface area contributed by atoms with Crippen LogP contribution in [0.3, 0.4) is 0 Å². The number of carbonyl (C=O) groups is 1. The Balaban J connectivity index is 1.91. The predicted octanol–water partition coefficient (Wildman–Crippen LogP) is 3.44. The van der Waals surface area contributed by atoms with Crippen molar-refractivity contribution in [3.05, 3.63) is 28.1 Å². The second-order valence-corrected chi connectivity index (χ2v) is 7.09. The molecule has 3 rings (SSSR count). The van der Waals surface area contributed by atoms with E-state index in [0.29, 0.717) is 22.2 Å². The van der Waals surface area contributed by atoms with Gasteiger partial charge >= 0.3 is 0 Å². The molecular formula is C15H17ClN2O2S. The zero-order chi connectivity index (χ0) is 15.0. The van der Waals surface area contributed by atoms with E-state index in [4.69, 9.17) is 22.1 Å². The second-order valence-electron chi connectivity index (χ2n) is 5.63. The lowest BCUT2D eigenvalue weighted by atomic mass is 9.95. The molecule has 3 N–H and O–H groups in total. The summed E-state index contributed by atoms with van der Waals surface area (Å²) in [4.78, 5) is 13.1.